The zero-order valence-electron chi connectivity index (χ0n) is 16.3. The monoisotopic (exact) mass is 392 g/mol. The minimum absolute atomic E-state index is 0.0340. The van der Waals surface area contributed by atoms with Crippen LogP contribution in [0.1, 0.15) is 33.3 Å². The molecule has 0 unspecified atom stereocenters. The Morgan fingerprint density at radius 1 is 1.31 bits per heavy atom. The second-order valence-corrected chi connectivity index (χ2v) is 11.8. The highest BCUT2D eigenvalue weighted by Crippen LogP contribution is 2.40. The number of β-lactam (4-membered cyclic amide) rings is 1. The number of likely N-dealkylation sites (tertiary alicyclic amines) is 1. The predicted molar refractivity (Wildman–Crippen MR) is 110 cm³/mol. The first kappa shape index (κ1) is 20.6. The smallest absolute Gasteiger partial charge is 0.304 e. The van der Waals surface area contributed by atoms with Gasteiger partial charge in [-0.2, -0.15) is 0 Å². The van der Waals surface area contributed by atoms with Gasteiger partial charge in [0.05, 0.1) is 13.8 Å². The van der Waals surface area contributed by atoms with Crippen molar-refractivity contribution >= 4 is 37.9 Å². The van der Waals surface area contributed by atoms with Crippen molar-refractivity contribution in [2.75, 3.05) is 0 Å². The minimum Gasteiger partial charge on any atom is -0.439 e. The van der Waals surface area contributed by atoms with Gasteiger partial charge in [0.2, 0.25) is 6.23 Å². The zero-order chi connectivity index (χ0) is 19.7. The number of nitrogens with one attached hydrogen (secondary N) is 1. The van der Waals surface area contributed by atoms with Crippen LogP contribution in [0.5, 0.6) is 0 Å². The molecule has 1 aliphatic heterocycles. The van der Waals surface area contributed by atoms with Crippen LogP contribution < -0.4 is 5.32 Å². The van der Waals surface area contributed by atoms with E-state index >= 15 is 0 Å². The van der Waals surface area contributed by atoms with Crippen molar-refractivity contribution in [3.63, 3.8) is 0 Å². The number of carbonyl (C=O) groups is 2. The molecule has 0 aliphatic carbocycles. The summed E-state index contributed by atoms with van der Waals surface area (Å²) in [5.41, 5.74) is 0.640. The normalized spacial score (nSPS) is 22.8. The van der Waals surface area contributed by atoms with Gasteiger partial charge in [-0.3, -0.25) is 14.5 Å². The van der Waals surface area contributed by atoms with Crippen molar-refractivity contribution in [1.29, 1.82) is 0 Å². The Kier molecular flexibility index (Phi) is 5.92. The Bertz CT molecular complexity index is 702. The maximum absolute atomic E-state index is 13.2. The molecule has 5 nitrogen and oxygen atoms in total. The number of hydrogen-bond donors (Lipinski definition) is 1. The minimum atomic E-state index is -1.63. The van der Waals surface area contributed by atoms with Crippen LogP contribution >= 0.6 is 12.2 Å². The number of nitrogens with zero attached hydrogens (tertiary/aromatic N) is 1. The predicted octanol–water partition coefficient (Wildman–Crippen LogP) is 2.44. The van der Waals surface area contributed by atoms with Gasteiger partial charge >= 0.3 is 5.97 Å². The number of benzene rings is 1. The van der Waals surface area contributed by atoms with E-state index in [4.69, 9.17) is 17.0 Å². The van der Waals surface area contributed by atoms with Crippen LogP contribution in [0.2, 0.25) is 13.1 Å². The maximum atomic E-state index is 13.2. The molecule has 0 spiro atoms. The fourth-order valence-corrected chi connectivity index (χ4v) is 5.68. The highest BCUT2D eigenvalue weighted by molar-refractivity contribution is 7.80. The van der Waals surface area contributed by atoms with Crippen molar-refractivity contribution in [2.24, 2.45) is 0 Å². The Labute approximate surface area is 162 Å². The van der Waals surface area contributed by atoms with E-state index in [9.17, 15) is 9.59 Å². The van der Waals surface area contributed by atoms with Crippen LogP contribution in [-0.4, -0.2) is 47.5 Å². The summed E-state index contributed by atoms with van der Waals surface area (Å²) >= 11 is 5.56. The van der Waals surface area contributed by atoms with Gasteiger partial charge < -0.3 is 10.1 Å². The Morgan fingerprint density at radius 3 is 2.35 bits per heavy atom. The first-order chi connectivity index (χ1) is 12.0. The van der Waals surface area contributed by atoms with E-state index in [1.807, 2.05) is 51.1 Å². The van der Waals surface area contributed by atoms with Gasteiger partial charge in [0.25, 0.3) is 5.91 Å². The highest BCUT2D eigenvalue weighted by Gasteiger charge is 2.67. The Hall–Kier alpha value is -1.73. The maximum Gasteiger partial charge on any atom is 0.304 e. The van der Waals surface area contributed by atoms with E-state index in [-0.39, 0.29) is 5.91 Å². The van der Waals surface area contributed by atoms with Gasteiger partial charge in [-0.15, -0.1) is 0 Å². The van der Waals surface area contributed by atoms with Crippen LogP contribution in [0.25, 0.3) is 0 Å². The van der Waals surface area contributed by atoms with Crippen molar-refractivity contribution in [1.82, 2.24) is 10.2 Å². The van der Waals surface area contributed by atoms with Gasteiger partial charge in [-0.1, -0.05) is 55.6 Å². The van der Waals surface area contributed by atoms with E-state index in [2.05, 4.69) is 18.4 Å². The van der Waals surface area contributed by atoms with Gasteiger partial charge in [0, 0.05) is 18.9 Å². The second kappa shape index (κ2) is 7.48. The quantitative estimate of drug-likeness (QED) is 0.361. The number of esters is 1. The third-order valence-electron chi connectivity index (χ3n) is 4.66. The molecule has 1 aromatic rings. The molecule has 1 amide bonds. The lowest BCUT2D eigenvalue weighted by atomic mass is 9.93. The van der Waals surface area contributed by atoms with E-state index < -0.39 is 31.7 Å². The molecular formula is C19H28N2O3SSi. The molecule has 0 aromatic heterocycles. The fourth-order valence-electron chi connectivity index (χ4n) is 3.36. The molecule has 1 N–H and O–H groups in total. The Morgan fingerprint density at radius 2 is 1.88 bits per heavy atom. The molecule has 0 bridgehead atoms. The van der Waals surface area contributed by atoms with Crippen molar-refractivity contribution in [3.05, 3.63) is 35.9 Å². The molecule has 2 rings (SSSR count). The third-order valence-corrected chi connectivity index (χ3v) is 7.41. The standard InChI is InChI=1S/C19H28N2O3SSi/c1-13(22)24-17-19(26(5)6,16(23)21(17)18(2,3)4)20-15(25)12-14-10-8-7-9-11-14/h7-11,17,26H,12H2,1-6H3,(H,20,25)/t17-,19+/m0/s1. The number of carbonyl (C=O) groups excluding carboxylic acids is 2. The molecule has 26 heavy (non-hydrogen) atoms. The lowest BCUT2D eigenvalue weighted by Gasteiger charge is -2.61. The average molecular weight is 393 g/mol. The lowest BCUT2D eigenvalue weighted by Crippen LogP contribution is -2.87. The molecule has 7 heteroatoms. The first-order valence-electron chi connectivity index (χ1n) is 8.86. The van der Waals surface area contributed by atoms with E-state index in [0.717, 1.165) is 5.56 Å². The van der Waals surface area contributed by atoms with Crippen LogP contribution in [0, 0.1) is 0 Å². The topological polar surface area (TPSA) is 58.6 Å². The second-order valence-electron chi connectivity index (χ2n) is 8.04. The summed E-state index contributed by atoms with van der Waals surface area (Å²) in [7, 11) is -1.63. The summed E-state index contributed by atoms with van der Waals surface area (Å²) in [4.78, 5) is 27.2. The molecule has 1 heterocycles. The average Bonchev–Trinajstić information content (AvgIpc) is 2.51. The van der Waals surface area contributed by atoms with Crippen LogP contribution in [0.3, 0.4) is 0 Å². The number of thiocarbonyl (C=S) groups is 1. The zero-order valence-corrected chi connectivity index (χ0v) is 18.3. The molecule has 1 saturated heterocycles. The number of hydrogen-bond acceptors (Lipinski definition) is 4. The molecule has 1 aromatic carbocycles. The summed E-state index contributed by atoms with van der Waals surface area (Å²) in [6.07, 6.45) is -0.0814. The third kappa shape index (κ3) is 3.83. The molecule has 142 valence electrons. The van der Waals surface area contributed by atoms with Gasteiger partial charge in [0.15, 0.2) is 5.16 Å². The SMILES string of the molecule is CC(=O)O[C@@H]1N(C(C)(C)C)C(=O)[C@@]1(NC(=S)Cc1ccccc1)[SiH](C)C. The summed E-state index contributed by atoms with van der Waals surface area (Å²) in [6.45, 7) is 11.3. The lowest BCUT2D eigenvalue weighted by molar-refractivity contribution is -0.207. The molecule has 0 saturated carbocycles. The fraction of sp³-hybridized carbons (Fsp3) is 0.526. The van der Waals surface area contributed by atoms with Crippen LogP contribution in [0.15, 0.2) is 30.3 Å². The molecule has 1 fully saturated rings. The van der Waals surface area contributed by atoms with Gasteiger partial charge in [0.1, 0.15) is 0 Å². The van der Waals surface area contributed by atoms with Crippen LogP contribution in [0.4, 0.5) is 0 Å². The van der Waals surface area contributed by atoms with Crippen molar-refractivity contribution in [2.45, 2.75) is 64.1 Å². The summed E-state index contributed by atoms with van der Waals surface area (Å²) in [5.74, 6) is -0.431. The Balaban J connectivity index is 2.30. The van der Waals surface area contributed by atoms with Gasteiger partial charge in [-0.25, -0.2) is 0 Å². The van der Waals surface area contributed by atoms with Crippen molar-refractivity contribution in [3.8, 4) is 0 Å². The van der Waals surface area contributed by atoms with Gasteiger partial charge in [-0.05, 0) is 26.3 Å². The molecule has 0 radical (unpaired) electrons. The molecule has 1 aliphatic rings. The number of ether oxygens (including phenoxy) is 1. The summed E-state index contributed by atoms with van der Waals surface area (Å²) in [6, 6.07) is 9.88. The van der Waals surface area contributed by atoms with Crippen LogP contribution in [-0.2, 0) is 20.7 Å². The first-order valence-corrected chi connectivity index (χ1v) is 12.2. The highest BCUT2D eigenvalue weighted by atomic mass is 32.1. The van der Waals surface area contributed by atoms with Crippen molar-refractivity contribution < 1.29 is 14.3 Å². The van der Waals surface area contributed by atoms with E-state index in [1.54, 1.807) is 4.90 Å². The summed E-state index contributed by atoms with van der Waals surface area (Å²) < 4.78 is 5.60. The molecule has 2 atom stereocenters. The number of amides is 1. The molecular weight excluding hydrogens is 364 g/mol. The summed E-state index contributed by atoms with van der Waals surface area (Å²) in [5, 5.41) is 2.41. The number of rotatable bonds is 5. The largest absolute Gasteiger partial charge is 0.439 e. The van der Waals surface area contributed by atoms with E-state index in [0.29, 0.717) is 11.4 Å². The van der Waals surface area contributed by atoms with E-state index in [1.165, 1.54) is 6.92 Å².